The van der Waals surface area contributed by atoms with E-state index in [1.807, 2.05) is 20.8 Å². The smallest absolute Gasteiger partial charge is 0.360 e. The molecule has 0 bridgehead atoms. The van der Waals surface area contributed by atoms with Gasteiger partial charge in [-0.05, 0) is 33.3 Å². The molecule has 7 heteroatoms. The minimum absolute atomic E-state index is 0.148. The Labute approximate surface area is 121 Å². The van der Waals surface area contributed by atoms with Gasteiger partial charge in [0.1, 0.15) is 6.26 Å². The minimum atomic E-state index is -0.500. The molecule has 2 aromatic rings. The van der Waals surface area contributed by atoms with E-state index < -0.39 is 5.97 Å². The number of hydrogen-bond donors (Lipinski definition) is 0. The highest BCUT2D eigenvalue weighted by molar-refractivity contribution is 7.98. The van der Waals surface area contributed by atoms with E-state index in [0.717, 1.165) is 17.0 Å². The summed E-state index contributed by atoms with van der Waals surface area (Å²) in [6.07, 6.45) is 1.27. The summed E-state index contributed by atoms with van der Waals surface area (Å²) in [6, 6.07) is 0. The SMILES string of the molecule is CCOC(=O)c1coc(Sc2nc(C)c(C)c(C)n2)n1. The van der Waals surface area contributed by atoms with Crippen molar-refractivity contribution in [3.05, 3.63) is 28.9 Å². The van der Waals surface area contributed by atoms with Crippen LogP contribution in [0.4, 0.5) is 0 Å². The fourth-order valence-corrected chi connectivity index (χ4v) is 2.23. The highest BCUT2D eigenvalue weighted by atomic mass is 32.2. The van der Waals surface area contributed by atoms with Crippen LogP contribution in [0.1, 0.15) is 34.4 Å². The Bertz CT molecular complexity index is 617. The van der Waals surface area contributed by atoms with E-state index in [-0.39, 0.29) is 5.69 Å². The lowest BCUT2D eigenvalue weighted by Gasteiger charge is -2.04. The number of aromatic nitrogens is 3. The maximum absolute atomic E-state index is 11.5. The van der Waals surface area contributed by atoms with Gasteiger partial charge in [0.2, 0.25) is 0 Å². The maximum Gasteiger partial charge on any atom is 0.360 e. The second-order valence-electron chi connectivity index (χ2n) is 4.12. The Balaban J connectivity index is 2.17. The van der Waals surface area contributed by atoms with E-state index in [1.165, 1.54) is 18.0 Å². The molecule has 0 aliphatic heterocycles. The molecular formula is C13H15N3O3S. The van der Waals surface area contributed by atoms with Gasteiger partial charge in [0.15, 0.2) is 10.9 Å². The molecule has 6 nitrogen and oxygen atoms in total. The highest BCUT2D eigenvalue weighted by Gasteiger charge is 2.15. The Morgan fingerprint density at radius 1 is 1.25 bits per heavy atom. The molecule has 2 aromatic heterocycles. The lowest BCUT2D eigenvalue weighted by Crippen LogP contribution is -2.04. The summed E-state index contributed by atoms with van der Waals surface area (Å²) in [4.78, 5) is 24.2. The summed E-state index contributed by atoms with van der Waals surface area (Å²) >= 11 is 1.17. The van der Waals surface area contributed by atoms with E-state index in [2.05, 4.69) is 15.0 Å². The minimum Gasteiger partial charge on any atom is -0.461 e. The van der Waals surface area contributed by atoms with Gasteiger partial charge in [0.05, 0.1) is 6.61 Å². The summed E-state index contributed by atoms with van der Waals surface area (Å²) < 4.78 is 10.1. The first kappa shape index (κ1) is 14.5. The molecule has 0 aliphatic rings. The zero-order valence-electron chi connectivity index (χ0n) is 11.8. The molecule has 2 heterocycles. The molecular weight excluding hydrogens is 278 g/mol. The number of rotatable bonds is 4. The topological polar surface area (TPSA) is 78.1 Å². The lowest BCUT2D eigenvalue weighted by molar-refractivity contribution is 0.0519. The van der Waals surface area contributed by atoms with Crippen molar-refractivity contribution < 1.29 is 13.9 Å². The molecule has 0 N–H and O–H groups in total. The van der Waals surface area contributed by atoms with Crippen LogP contribution in [0.3, 0.4) is 0 Å². The van der Waals surface area contributed by atoms with Crippen LogP contribution in [0.5, 0.6) is 0 Å². The van der Waals surface area contributed by atoms with Crippen molar-refractivity contribution >= 4 is 17.7 Å². The molecule has 0 amide bonds. The van der Waals surface area contributed by atoms with E-state index in [1.54, 1.807) is 6.92 Å². The number of hydrogen-bond acceptors (Lipinski definition) is 7. The third kappa shape index (κ3) is 3.16. The molecule has 0 fully saturated rings. The second-order valence-corrected chi connectivity index (χ2v) is 5.04. The van der Waals surface area contributed by atoms with Crippen LogP contribution in [0.2, 0.25) is 0 Å². The fourth-order valence-electron chi connectivity index (χ4n) is 1.47. The molecule has 106 valence electrons. The van der Waals surface area contributed by atoms with E-state index in [4.69, 9.17) is 9.15 Å². The molecule has 0 spiro atoms. The van der Waals surface area contributed by atoms with Crippen LogP contribution in [-0.2, 0) is 4.74 Å². The zero-order chi connectivity index (χ0) is 14.7. The van der Waals surface area contributed by atoms with E-state index in [0.29, 0.717) is 17.0 Å². The van der Waals surface area contributed by atoms with Gasteiger partial charge in [-0.25, -0.2) is 14.8 Å². The van der Waals surface area contributed by atoms with Gasteiger partial charge in [-0.3, -0.25) is 0 Å². The van der Waals surface area contributed by atoms with E-state index >= 15 is 0 Å². The molecule has 2 rings (SSSR count). The van der Waals surface area contributed by atoms with Gasteiger partial charge in [0, 0.05) is 23.1 Å². The molecule has 0 aliphatic carbocycles. The standard InChI is InChI=1S/C13H15N3O3S/c1-5-18-11(17)10-6-19-13(16-10)20-12-14-8(3)7(2)9(4)15-12/h6H,5H2,1-4H3. The van der Waals surface area contributed by atoms with Crippen LogP contribution < -0.4 is 0 Å². The van der Waals surface area contributed by atoms with Crippen molar-refractivity contribution in [2.24, 2.45) is 0 Å². The lowest BCUT2D eigenvalue weighted by atomic mass is 10.2. The number of aryl methyl sites for hydroxylation is 2. The number of esters is 1. The monoisotopic (exact) mass is 293 g/mol. The van der Waals surface area contributed by atoms with Crippen LogP contribution >= 0.6 is 11.8 Å². The molecule has 0 aromatic carbocycles. The van der Waals surface area contributed by atoms with Crippen molar-refractivity contribution in [2.75, 3.05) is 6.61 Å². The van der Waals surface area contributed by atoms with Gasteiger partial charge in [-0.15, -0.1) is 0 Å². The number of carbonyl (C=O) groups excluding carboxylic acids is 1. The molecule has 0 radical (unpaired) electrons. The summed E-state index contributed by atoms with van der Waals surface area (Å²) in [5.74, 6) is -0.500. The average molecular weight is 293 g/mol. The third-order valence-corrected chi connectivity index (χ3v) is 3.49. The predicted octanol–water partition coefficient (Wildman–Crippen LogP) is 2.72. The van der Waals surface area contributed by atoms with Crippen LogP contribution in [-0.4, -0.2) is 27.5 Å². The maximum atomic E-state index is 11.5. The van der Waals surface area contributed by atoms with Crippen molar-refractivity contribution in [2.45, 2.75) is 38.1 Å². The van der Waals surface area contributed by atoms with Gasteiger partial charge < -0.3 is 9.15 Å². The molecule has 0 saturated heterocycles. The third-order valence-electron chi connectivity index (χ3n) is 2.76. The molecule has 0 saturated carbocycles. The first-order valence-electron chi connectivity index (χ1n) is 6.13. The second kappa shape index (κ2) is 6.04. The van der Waals surface area contributed by atoms with Crippen molar-refractivity contribution in [1.82, 2.24) is 15.0 Å². The fraction of sp³-hybridized carbons (Fsp3) is 0.385. The van der Waals surface area contributed by atoms with Gasteiger partial charge in [-0.1, -0.05) is 0 Å². The zero-order valence-corrected chi connectivity index (χ0v) is 12.6. The predicted molar refractivity (Wildman–Crippen MR) is 72.8 cm³/mol. The molecule has 20 heavy (non-hydrogen) atoms. The van der Waals surface area contributed by atoms with Gasteiger partial charge in [0.25, 0.3) is 5.22 Å². The first-order valence-corrected chi connectivity index (χ1v) is 6.95. The van der Waals surface area contributed by atoms with Crippen molar-refractivity contribution in [3.8, 4) is 0 Å². The van der Waals surface area contributed by atoms with Gasteiger partial charge >= 0.3 is 5.97 Å². The van der Waals surface area contributed by atoms with Gasteiger partial charge in [-0.2, -0.15) is 4.98 Å². The average Bonchev–Trinajstić information content (AvgIpc) is 2.85. The summed E-state index contributed by atoms with van der Waals surface area (Å²) in [5, 5.41) is 0.860. The first-order chi connectivity index (χ1) is 9.51. The quantitative estimate of drug-likeness (QED) is 0.633. The van der Waals surface area contributed by atoms with Crippen molar-refractivity contribution in [3.63, 3.8) is 0 Å². The molecule has 0 atom stereocenters. The number of carbonyl (C=O) groups is 1. The summed E-state index contributed by atoms with van der Waals surface area (Å²) in [6.45, 7) is 7.86. The number of oxazole rings is 1. The van der Waals surface area contributed by atoms with Crippen molar-refractivity contribution in [1.29, 1.82) is 0 Å². The van der Waals surface area contributed by atoms with E-state index in [9.17, 15) is 4.79 Å². The molecule has 0 unspecified atom stereocenters. The van der Waals surface area contributed by atoms with Crippen LogP contribution in [0, 0.1) is 20.8 Å². The summed E-state index contributed by atoms with van der Waals surface area (Å²) in [7, 11) is 0. The Hall–Kier alpha value is -1.89. The van der Waals surface area contributed by atoms with Crippen LogP contribution in [0.15, 0.2) is 21.1 Å². The number of nitrogens with zero attached hydrogens (tertiary/aromatic N) is 3. The Kier molecular flexibility index (Phi) is 4.39. The normalized spacial score (nSPS) is 10.6. The Morgan fingerprint density at radius 3 is 2.50 bits per heavy atom. The largest absolute Gasteiger partial charge is 0.461 e. The summed E-state index contributed by atoms with van der Waals surface area (Å²) in [5.41, 5.74) is 3.04. The number of ether oxygens (including phenoxy) is 1. The van der Waals surface area contributed by atoms with Crippen LogP contribution in [0.25, 0.3) is 0 Å². The Morgan fingerprint density at radius 2 is 1.90 bits per heavy atom. The highest BCUT2D eigenvalue weighted by Crippen LogP contribution is 2.25.